The zero-order valence-electron chi connectivity index (χ0n) is 15.2. The minimum Gasteiger partial charge on any atom is -0.381 e. The van der Waals surface area contributed by atoms with Gasteiger partial charge in [0.25, 0.3) is 0 Å². The SMILES string of the molecule is Cc1cccc([C@@H]2CCCN2C(=O)NCCCOC2CCOCC2)c1. The van der Waals surface area contributed by atoms with Gasteiger partial charge in [0.05, 0.1) is 12.1 Å². The molecular weight excluding hydrogens is 316 g/mol. The number of carbonyl (C=O) groups excluding carboxylic acids is 1. The summed E-state index contributed by atoms with van der Waals surface area (Å²) in [6.45, 7) is 5.91. The molecular formula is C20H30N2O3. The molecule has 1 N–H and O–H groups in total. The van der Waals surface area contributed by atoms with E-state index in [2.05, 4.69) is 36.5 Å². The molecule has 2 heterocycles. The highest BCUT2D eigenvalue weighted by atomic mass is 16.5. The number of hydrogen-bond acceptors (Lipinski definition) is 3. The monoisotopic (exact) mass is 346 g/mol. The summed E-state index contributed by atoms with van der Waals surface area (Å²) in [5.74, 6) is 0. The fourth-order valence-electron chi connectivity index (χ4n) is 3.70. The second kappa shape index (κ2) is 9.20. The zero-order chi connectivity index (χ0) is 17.5. The van der Waals surface area contributed by atoms with Crippen molar-refractivity contribution in [2.24, 2.45) is 0 Å². The number of carbonyl (C=O) groups is 1. The Hall–Kier alpha value is -1.59. The lowest BCUT2D eigenvalue weighted by molar-refractivity contribution is -0.0321. The van der Waals surface area contributed by atoms with Gasteiger partial charge in [0.2, 0.25) is 0 Å². The number of ether oxygens (including phenoxy) is 2. The topological polar surface area (TPSA) is 50.8 Å². The highest BCUT2D eigenvalue weighted by molar-refractivity contribution is 5.75. The van der Waals surface area contributed by atoms with E-state index in [1.807, 2.05) is 4.90 Å². The molecule has 0 saturated carbocycles. The first-order valence-corrected chi connectivity index (χ1v) is 9.54. The zero-order valence-corrected chi connectivity index (χ0v) is 15.2. The maximum absolute atomic E-state index is 12.5. The third kappa shape index (κ3) is 5.19. The van der Waals surface area contributed by atoms with E-state index in [9.17, 15) is 4.79 Å². The number of hydrogen-bond donors (Lipinski definition) is 1. The molecule has 0 spiro atoms. The minimum atomic E-state index is 0.0510. The Morgan fingerprint density at radius 2 is 2.16 bits per heavy atom. The van der Waals surface area contributed by atoms with Crippen molar-refractivity contribution in [2.45, 2.75) is 51.2 Å². The summed E-state index contributed by atoms with van der Waals surface area (Å²) >= 11 is 0. The summed E-state index contributed by atoms with van der Waals surface area (Å²) in [6, 6.07) is 8.75. The van der Waals surface area contributed by atoms with E-state index in [-0.39, 0.29) is 12.1 Å². The smallest absolute Gasteiger partial charge is 0.317 e. The summed E-state index contributed by atoms with van der Waals surface area (Å²) in [4.78, 5) is 14.5. The summed E-state index contributed by atoms with van der Waals surface area (Å²) < 4.78 is 11.2. The van der Waals surface area contributed by atoms with Crippen molar-refractivity contribution >= 4 is 6.03 Å². The van der Waals surface area contributed by atoms with Crippen LogP contribution < -0.4 is 5.32 Å². The van der Waals surface area contributed by atoms with Crippen molar-refractivity contribution in [2.75, 3.05) is 32.9 Å². The van der Waals surface area contributed by atoms with Gasteiger partial charge in [-0.15, -0.1) is 0 Å². The van der Waals surface area contributed by atoms with Crippen LogP contribution in [0.1, 0.15) is 49.3 Å². The van der Waals surface area contributed by atoms with Gasteiger partial charge >= 0.3 is 6.03 Å². The van der Waals surface area contributed by atoms with E-state index in [1.165, 1.54) is 11.1 Å². The van der Waals surface area contributed by atoms with Crippen molar-refractivity contribution in [3.8, 4) is 0 Å². The lowest BCUT2D eigenvalue weighted by Crippen LogP contribution is -2.40. The van der Waals surface area contributed by atoms with Crippen LogP contribution in [0.5, 0.6) is 0 Å². The number of amides is 2. The molecule has 138 valence electrons. The first-order valence-electron chi connectivity index (χ1n) is 9.54. The van der Waals surface area contributed by atoms with Gasteiger partial charge in [0.15, 0.2) is 0 Å². The molecule has 5 nitrogen and oxygen atoms in total. The molecule has 1 atom stereocenters. The Labute approximate surface area is 150 Å². The molecule has 2 saturated heterocycles. The van der Waals surface area contributed by atoms with Crippen molar-refractivity contribution in [1.82, 2.24) is 10.2 Å². The van der Waals surface area contributed by atoms with Crippen LogP contribution in [0.15, 0.2) is 24.3 Å². The number of benzene rings is 1. The van der Waals surface area contributed by atoms with Crippen LogP contribution in [0.25, 0.3) is 0 Å². The predicted molar refractivity (Wildman–Crippen MR) is 97.7 cm³/mol. The van der Waals surface area contributed by atoms with Crippen LogP contribution in [0, 0.1) is 6.92 Å². The average molecular weight is 346 g/mol. The Kier molecular flexibility index (Phi) is 6.70. The highest BCUT2D eigenvalue weighted by Gasteiger charge is 2.29. The third-order valence-corrected chi connectivity index (χ3v) is 5.06. The minimum absolute atomic E-state index is 0.0510. The lowest BCUT2D eigenvalue weighted by atomic mass is 10.0. The fraction of sp³-hybridized carbons (Fsp3) is 0.650. The van der Waals surface area contributed by atoms with Crippen molar-refractivity contribution in [3.63, 3.8) is 0 Å². The van der Waals surface area contributed by atoms with Gasteiger partial charge in [-0.2, -0.15) is 0 Å². The summed E-state index contributed by atoms with van der Waals surface area (Å²) in [7, 11) is 0. The second-order valence-corrected chi connectivity index (χ2v) is 7.03. The largest absolute Gasteiger partial charge is 0.381 e. The van der Waals surface area contributed by atoms with Gasteiger partial charge < -0.3 is 19.7 Å². The molecule has 1 aromatic carbocycles. The Morgan fingerprint density at radius 1 is 1.32 bits per heavy atom. The maximum atomic E-state index is 12.5. The number of nitrogens with zero attached hydrogens (tertiary/aromatic N) is 1. The normalized spacial score (nSPS) is 21.5. The molecule has 2 amide bonds. The van der Waals surface area contributed by atoms with Crippen LogP contribution >= 0.6 is 0 Å². The van der Waals surface area contributed by atoms with Crippen molar-refractivity contribution in [3.05, 3.63) is 35.4 Å². The summed E-state index contributed by atoms with van der Waals surface area (Å²) in [6.07, 6.45) is 5.26. The van der Waals surface area contributed by atoms with Gasteiger partial charge in [-0.25, -0.2) is 4.79 Å². The van der Waals surface area contributed by atoms with Crippen LogP contribution in [0.3, 0.4) is 0 Å². The van der Waals surface area contributed by atoms with Crippen molar-refractivity contribution in [1.29, 1.82) is 0 Å². The van der Waals surface area contributed by atoms with Gasteiger partial charge in [0.1, 0.15) is 0 Å². The van der Waals surface area contributed by atoms with Crippen molar-refractivity contribution < 1.29 is 14.3 Å². The quantitative estimate of drug-likeness (QED) is 0.803. The van der Waals surface area contributed by atoms with Crippen LogP contribution in [0.2, 0.25) is 0 Å². The van der Waals surface area contributed by atoms with Crippen LogP contribution in [-0.2, 0) is 9.47 Å². The first kappa shape index (κ1) is 18.2. The molecule has 1 aromatic rings. The number of likely N-dealkylation sites (tertiary alicyclic amines) is 1. The van der Waals surface area contributed by atoms with E-state index in [1.54, 1.807) is 0 Å². The predicted octanol–water partition coefficient (Wildman–Crippen LogP) is 3.43. The van der Waals surface area contributed by atoms with E-state index in [0.29, 0.717) is 19.3 Å². The van der Waals surface area contributed by atoms with Crippen LogP contribution in [0.4, 0.5) is 4.79 Å². The second-order valence-electron chi connectivity index (χ2n) is 7.03. The van der Waals surface area contributed by atoms with Gasteiger partial charge in [0, 0.05) is 32.9 Å². The van der Waals surface area contributed by atoms with E-state index in [4.69, 9.17) is 9.47 Å². The van der Waals surface area contributed by atoms with E-state index < -0.39 is 0 Å². The molecule has 3 rings (SSSR count). The molecule has 0 unspecified atom stereocenters. The standard InChI is InChI=1S/C20H30N2O3/c1-16-5-2-6-17(15-16)19-7-3-11-22(19)20(23)21-10-4-12-25-18-8-13-24-14-9-18/h2,5-6,15,18-19H,3-4,7-14H2,1H3,(H,21,23)/t19-/m0/s1. The van der Waals surface area contributed by atoms with E-state index in [0.717, 1.165) is 51.9 Å². The summed E-state index contributed by atoms with van der Waals surface area (Å²) in [5.41, 5.74) is 2.49. The molecule has 2 aliphatic rings. The molecule has 0 bridgehead atoms. The Bertz CT molecular complexity index is 558. The molecule has 25 heavy (non-hydrogen) atoms. The molecule has 2 aliphatic heterocycles. The fourth-order valence-corrected chi connectivity index (χ4v) is 3.70. The average Bonchev–Trinajstić information content (AvgIpc) is 3.12. The Morgan fingerprint density at radius 3 is 2.96 bits per heavy atom. The number of urea groups is 1. The van der Waals surface area contributed by atoms with Gasteiger partial charge in [-0.1, -0.05) is 29.8 Å². The number of aryl methyl sites for hydroxylation is 1. The molecule has 2 fully saturated rings. The number of rotatable bonds is 6. The van der Waals surface area contributed by atoms with Gasteiger partial charge in [-0.3, -0.25) is 0 Å². The van der Waals surface area contributed by atoms with Gasteiger partial charge in [-0.05, 0) is 44.6 Å². The molecule has 5 heteroatoms. The lowest BCUT2D eigenvalue weighted by Gasteiger charge is -2.26. The Balaban J connectivity index is 1.39. The first-order chi connectivity index (χ1) is 12.2. The number of nitrogens with one attached hydrogen (secondary N) is 1. The third-order valence-electron chi connectivity index (χ3n) is 5.06. The molecule has 0 aromatic heterocycles. The molecule has 0 radical (unpaired) electrons. The van der Waals surface area contributed by atoms with E-state index >= 15 is 0 Å². The van der Waals surface area contributed by atoms with Crippen LogP contribution in [-0.4, -0.2) is 49.9 Å². The summed E-state index contributed by atoms with van der Waals surface area (Å²) in [5, 5.41) is 3.06. The maximum Gasteiger partial charge on any atom is 0.317 e. The molecule has 0 aliphatic carbocycles. The highest BCUT2D eigenvalue weighted by Crippen LogP contribution is 2.32.